The number of rotatable bonds is 3. The molecule has 0 atom stereocenters. The van der Waals surface area contributed by atoms with Gasteiger partial charge in [0, 0.05) is 5.56 Å². The lowest BCUT2D eigenvalue weighted by Gasteiger charge is -2.10. The van der Waals surface area contributed by atoms with Crippen LogP contribution in [-0.4, -0.2) is 13.0 Å². The highest BCUT2D eigenvalue weighted by atomic mass is 16.5. The number of primary amides is 1. The van der Waals surface area contributed by atoms with Crippen LogP contribution < -0.4 is 10.5 Å². The highest BCUT2D eigenvalue weighted by Gasteiger charge is 2.12. The van der Waals surface area contributed by atoms with Crippen molar-refractivity contribution in [3.05, 3.63) is 54.1 Å². The molecule has 2 aromatic carbocycles. The van der Waals surface area contributed by atoms with Crippen LogP contribution in [-0.2, 0) is 0 Å². The first-order valence-corrected chi connectivity index (χ1v) is 5.18. The van der Waals surface area contributed by atoms with Gasteiger partial charge in [-0.3, -0.25) is 4.79 Å². The third kappa shape index (κ3) is 2.13. The zero-order chi connectivity index (χ0) is 12.3. The Kier molecular flexibility index (Phi) is 3.10. The second-order valence-corrected chi connectivity index (χ2v) is 3.52. The molecule has 0 aliphatic rings. The third-order valence-corrected chi connectivity index (χ3v) is 2.50. The number of benzene rings is 2. The smallest absolute Gasteiger partial charge is 0.249 e. The van der Waals surface area contributed by atoms with Crippen molar-refractivity contribution >= 4 is 5.91 Å². The number of nitrogens with two attached hydrogens (primary N) is 1. The van der Waals surface area contributed by atoms with E-state index in [1.807, 2.05) is 36.4 Å². The second kappa shape index (κ2) is 4.70. The molecule has 85 valence electrons. The summed E-state index contributed by atoms with van der Waals surface area (Å²) in [6, 6.07) is 15.6. The number of amides is 1. The van der Waals surface area contributed by atoms with Crippen LogP contribution >= 0.6 is 0 Å². The van der Waals surface area contributed by atoms with Gasteiger partial charge in [-0.1, -0.05) is 36.4 Å². The molecule has 0 bridgehead atoms. The molecule has 1 amide bonds. The number of carbonyl (C=O) groups is 1. The molecule has 0 aliphatic heterocycles. The Morgan fingerprint density at radius 1 is 1.18 bits per heavy atom. The number of methoxy groups -OCH3 is 1. The molecule has 3 nitrogen and oxygen atoms in total. The minimum absolute atomic E-state index is 0.372. The quantitative estimate of drug-likeness (QED) is 0.872. The summed E-state index contributed by atoms with van der Waals surface area (Å²) in [6.07, 6.45) is 0. The summed E-state index contributed by atoms with van der Waals surface area (Å²) in [7, 11) is 1.59. The molecule has 2 rings (SSSR count). The van der Waals surface area contributed by atoms with Gasteiger partial charge in [-0.15, -0.1) is 0 Å². The van der Waals surface area contributed by atoms with Crippen molar-refractivity contribution in [3.8, 4) is 16.9 Å². The zero-order valence-corrected chi connectivity index (χ0v) is 9.44. The molecule has 2 N–H and O–H groups in total. The summed E-state index contributed by atoms with van der Waals surface area (Å²) >= 11 is 0. The summed E-state index contributed by atoms with van der Waals surface area (Å²) in [4.78, 5) is 11.3. The number of ether oxygens (including phenoxy) is 1. The summed E-state index contributed by atoms with van der Waals surface area (Å²) in [5, 5.41) is 0. The second-order valence-electron chi connectivity index (χ2n) is 3.52. The predicted octanol–water partition coefficient (Wildman–Crippen LogP) is 2.26. The number of para-hydroxylation sites is 1. The van der Waals surface area contributed by atoms with Crippen molar-refractivity contribution in [2.24, 2.45) is 5.73 Å². The summed E-state index contributed by atoms with van der Waals surface area (Å²) < 4.78 is 5.27. The molecule has 0 spiro atoms. The van der Waals surface area contributed by atoms with Crippen molar-refractivity contribution in [1.82, 2.24) is 0 Å². The number of hydrogen-bond acceptors (Lipinski definition) is 2. The number of carbonyl (C=O) groups excluding carboxylic acids is 1. The van der Waals surface area contributed by atoms with Gasteiger partial charge in [0.05, 0.1) is 12.7 Å². The fourth-order valence-corrected chi connectivity index (χ4v) is 1.73. The zero-order valence-electron chi connectivity index (χ0n) is 9.44. The van der Waals surface area contributed by atoms with E-state index in [1.165, 1.54) is 0 Å². The van der Waals surface area contributed by atoms with Gasteiger partial charge in [-0.2, -0.15) is 0 Å². The Hall–Kier alpha value is -2.29. The standard InChI is InChI=1S/C14H12NO2/c1-17-13-9-5-4-7-11(13)10-6-2-3-8-12(10)14(15)16/h2-7,9H,1H3,(H2,15,16). The monoisotopic (exact) mass is 226 g/mol. The maximum absolute atomic E-state index is 11.3. The molecular weight excluding hydrogens is 214 g/mol. The minimum atomic E-state index is -0.494. The molecule has 2 aromatic rings. The minimum Gasteiger partial charge on any atom is -0.496 e. The van der Waals surface area contributed by atoms with Crippen LogP contribution in [0.1, 0.15) is 10.4 Å². The first-order chi connectivity index (χ1) is 8.24. The Labute approximate surface area is 99.8 Å². The maximum atomic E-state index is 11.3. The summed E-state index contributed by atoms with van der Waals surface area (Å²) in [6.45, 7) is 0. The van der Waals surface area contributed by atoms with Gasteiger partial charge in [0.25, 0.3) is 0 Å². The van der Waals surface area contributed by atoms with E-state index in [1.54, 1.807) is 13.2 Å². The van der Waals surface area contributed by atoms with E-state index in [0.717, 1.165) is 11.1 Å². The van der Waals surface area contributed by atoms with Crippen LogP contribution in [0, 0.1) is 6.07 Å². The van der Waals surface area contributed by atoms with E-state index in [2.05, 4.69) is 6.07 Å². The summed E-state index contributed by atoms with van der Waals surface area (Å²) in [5.41, 5.74) is 7.27. The highest BCUT2D eigenvalue weighted by Crippen LogP contribution is 2.31. The fourth-order valence-electron chi connectivity index (χ4n) is 1.73. The largest absolute Gasteiger partial charge is 0.496 e. The van der Waals surface area contributed by atoms with E-state index < -0.39 is 5.91 Å². The Bertz CT molecular complexity index is 549. The van der Waals surface area contributed by atoms with Crippen LogP contribution in [0.5, 0.6) is 5.75 Å². The topological polar surface area (TPSA) is 52.3 Å². The average molecular weight is 226 g/mol. The molecule has 3 heteroatoms. The molecule has 0 heterocycles. The van der Waals surface area contributed by atoms with Crippen molar-refractivity contribution < 1.29 is 9.53 Å². The molecule has 0 fully saturated rings. The Morgan fingerprint density at radius 3 is 2.59 bits per heavy atom. The predicted molar refractivity (Wildman–Crippen MR) is 65.8 cm³/mol. The summed E-state index contributed by atoms with van der Waals surface area (Å²) in [5.74, 6) is 0.209. The lowest BCUT2D eigenvalue weighted by atomic mass is 9.98. The van der Waals surface area contributed by atoms with Gasteiger partial charge in [0.15, 0.2) is 0 Å². The molecule has 0 saturated carbocycles. The van der Waals surface area contributed by atoms with Gasteiger partial charge in [0.1, 0.15) is 5.75 Å². The number of hydrogen-bond donors (Lipinski definition) is 1. The van der Waals surface area contributed by atoms with E-state index in [4.69, 9.17) is 10.5 Å². The van der Waals surface area contributed by atoms with E-state index in [0.29, 0.717) is 11.3 Å². The third-order valence-electron chi connectivity index (χ3n) is 2.50. The average Bonchev–Trinajstić information content (AvgIpc) is 2.38. The normalized spacial score (nSPS) is 9.94. The van der Waals surface area contributed by atoms with Gasteiger partial charge < -0.3 is 10.5 Å². The lowest BCUT2D eigenvalue weighted by molar-refractivity contribution is 0.100. The Morgan fingerprint density at radius 2 is 1.88 bits per heavy atom. The highest BCUT2D eigenvalue weighted by molar-refractivity contribution is 6.00. The first kappa shape index (κ1) is 11.2. The fraction of sp³-hybridized carbons (Fsp3) is 0.0714. The van der Waals surface area contributed by atoms with Crippen LogP contribution in [0.15, 0.2) is 42.5 Å². The molecule has 1 radical (unpaired) electrons. The van der Waals surface area contributed by atoms with Crippen LogP contribution in [0.3, 0.4) is 0 Å². The maximum Gasteiger partial charge on any atom is 0.249 e. The van der Waals surface area contributed by atoms with E-state index >= 15 is 0 Å². The van der Waals surface area contributed by atoms with Crippen LogP contribution in [0.4, 0.5) is 0 Å². The van der Waals surface area contributed by atoms with E-state index in [-0.39, 0.29) is 0 Å². The Balaban J connectivity index is 2.64. The van der Waals surface area contributed by atoms with Crippen LogP contribution in [0.25, 0.3) is 11.1 Å². The van der Waals surface area contributed by atoms with Gasteiger partial charge in [-0.25, -0.2) is 0 Å². The molecule has 0 saturated heterocycles. The molecule has 0 aromatic heterocycles. The molecule has 0 aliphatic carbocycles. The van der Waals surface area contributed by atoms with Gasteiger partial charge >= 0.3 is 0 Å². The molecular formula is C14H12NO2. The van der Waals surface area contributed by atoms with Crippen LogP contribution in [0.2, 0.25) is 0 Å². The SMILES string of the molecule is COc1ccccc1-c1ccc[c]c1C(N)=O. The lowest BCUT2D eigenvalue weighted by Crippen LogP contribution is -2.12. The van der Waals surface area contributed by atoms with Gasteiger partial charge in [-0.05, 0) is 17.7 Å². The van der Waals surface area contributed by atoms with Gasteiger partial charge in [0.2, 0.25) is 5.91 Å². The molecule has 17 heavy (non-hydrogen) atoms. The van der Waals surface area contributed by atoms with Crippen molar-refractivity contribution in [2.75, 3.05) is 7.11 Å². The van der Waals surface area contributed by atoms with Crippen molar-refractivity contribution in [3.63, 3.8) is 0 Å². The molecule has 0 unspecified atom stereocenters. The van der Waals surface area contributed by atoms with E-state index in [9.17, 15) is 4.79 Å². The van der Waals surface area contributed by atoms with Crippen molar-refractivity contribution in [2.45, 2.75) is 0 Å². The first-order valence-electron chi connectivity index (χ1n) is 5.18. The van der Waals surface area contributed by atoms with Crippen molar-refractivity contribution in [1.29, 1.82) is 0 Å².